The lowest BCUT2D eigenvalue weighted by molar-refractivity contribution is 1.29. The predicted octanol–water partition coefficient (Wildman–Crippen LogP) is 4.38. The molecule has 0 radical (unpaired) electrons. The average Bonchev–Trinajstić information content (AvgIpc) is 2.27. The number of nitrogen functional groups attached to an aromatic ring is 1. The summed E-state index contributed by atoms with van der Waals surface area (Å²) >= 11 is 7.76. The molecule has 0 aliphatic carbocycles. The van der Waals surface area contributed by atoms with Crippen LogP contribution >= 0.6 is 23.4 Å². The fraction of sp³-hybridized carbons (Fsp3) is 0.0769. The number of aryl methyl sites for hydroxylation is 1. The lowest BCUT2D eigenvalue weighted by atomic mass is 10.2. The maximum absolute atomic E-state index is 6.11. The van der Waals surface area contributed by atoms with Gasteiger partial charge in [-0.25, -0.2) is 0 Å². The van der Waals surface area contributed by atoms with E-state index in [-0.39, 0.29) is 0 Å². The minimum atomic E-state index is 0.773. The highest BCUT2D eigenvalue weighted by Crippen LogP contribution is 2.35. The molecule has 1 nitrogen and oxygen atoms in total. The van der Waals surface area contributed by atoms with Gasteiger partial charge in [0.1, 0.15) is 0 Å². The van der Waals surface area contributed by atoms with Crippen LogP contribution in [0.1, 0.15) is 5.56 Å². The molecule has 0 amide bonds. The molecule has 2 N–H and O–H groups in total. The summed E-state index contributed by atoms with van der Waals surface area (Å²) in [6.45, 7) is 2.07. The number of hydrogen-bond donors (Lipinski definition) is 1. The van der Waals surface area contributed by atoms with Gasteiger partial charge in [0.05, 0.1) is 5.02 Å². The fourth-order valence-corrected chi connectivity index (χ4v) is 2.60. The summed E-state index contributed by atoms with van der Waals surface area (Å²) in [7, 11) is 0. The molecular formula is C13H12ClNS. The Morgan fingerprint density at radius 1 is 1.06 bits per heavy atom. The van der Waals surface area contributed by atoms with Crippen molar-refractivity contribution < 1.29 is 0 Å². The number of benzene rings is 2. The summed E-state index contributed by atoms with van der Waals surface area (Å²) in [4.78, 5) is 2.20. The standard InChI is InChI=1S/C13H12ClNS/c1-9-6-7-10(15)8-13(9)16-12-5-3-2-4-11(12)14/h2-8H,15H2,1H3. The van der Waals surface area contributed by atoms with Crippen LogP contribution in [0.2, 0.25) is 5.02 Å². The van der Waals surface area contributed by atoms with Gasteiger partial charge in [-0.2, -0.15) is 0 Å². The first-order valence-corrected chi connectivity index (χ1v) is 6.15. The Morgan fingerprint density at radius 2 is 1.81 bits per heavy atom. The fourth-order valence-electron chi connectivity index (χ4n) is 1.37. The molecule has 3 heteroatoms. The quantitative estimate of drug-likeness (QED) is 0.800. The van der Waals surface area contributed by atoms with Crippen molar-refractivity contribution in [3.63, 3.8) is 0 Å². The second-order valence-electron chi connectivity index (χ2n) is 3.56. The van der Waals surface area contributed by atoms with Crippen LogP contribution in [0, 0.1) is 6.92 Å². The van der Waals surface area contributed by atoms with Crippen LogP contribution in [-0.2, 0) is 0 Å². The third-order valence-electron chi connectivity index (χ3n) is 2.27. The molecule has 2 aromatic rings. The van der Waals surface area contributed by atoms with Crippen LogP contribution in [0.15, 0.2) is 52.3 Å². The van der Waals surface area contributed by atoms with Gasteiger partial charge in [-0.1, -0.05) is 41.6 Å². The molecule has 82 valence electrons. The first-order valence-electron chi connectivity index (χ1n) is 4.95. The van der Waals surface area contributed by atoms with Crippen LogP contribution in [0.5, 0.6) is 0 Å². The predicted molar refractivity (Wildman–Crippen MR) is 71.2 cm³/mol. The van der Waals surface area contributed by atoms with Gasteiger partial charge in [-0.3, -0.25) is 0 Å². The van der Waals surface area contributed by atoms with Gasteiger partial charge in [0.15, 0.2) is 0 Å². The average molecular weight is 250 g/mol. The zero-order valence-electron chi connectivity index (χ0n) is 8.91. The van der Waals surface area contributed by atoms with E-state index in [1.54, 1.807) is 11.8 Å². The zero-order chi connectivity index (χ0) is 11.5. The topological polar surface area (TPSA) is 26.0 Å². The Kier molecular flexibility index (Phi) is 3.42. The van der Waals surface area contributed by atoms with E-state index in [2.05, 4.69) is 6.92 Å². The Bertz CT molecular complexity index is 511. The second-order valence-corrected chi connectivity index (χ2v) is 5.05. The van der Waals surface area contributed by atoms with Crippen LogP contribution in [0.4, 0.5) is 5.69 Å². The monoisotopic (exact) mass is 249 g/mol. The molecule has 0 aliphatic heterocycles. The van der Waals surface area contributed by atoms with Crippen molar-refractivity contribution in [3.05, 3.63) is 53.1 Å². The Morgan fingerprint density at radius 3 is 2.56 bits per heavy atom. The molecule has 0 bridgehead atoms. The maximum atomic E-state index is 6.11. The molecule has 0 fully saturated rings. The van der Waals surface area contributed by atoms with Crippen molar-refractivity contribution in [1.82, 2.24) is 0 Å². The smallest absolute Gasteiger partial charge is 0.0545 e. The summed E-state index contributed by atoms with van der Waals surface area (Å²) < 4.78 is 0. The van der Waals surface area contributed by atoms with Crippen molar-refractivity contribution in [3.8, 4) is 0 Å². The molecule has 0 aromatic heterocycles. The van der Waals surface area contributed by atoms with E-state index in [0.717, 1.165) is 20.5 Å². The van der Waals surface area contributed by atoms with Crippen molar-refractivity contribution in [1.29, 1.82) is 0 Å². The summed E-state index contributed by atoms with van der Waals surface area (Å²) in [6.07, 6.45) is 0. The lowest BCUT2D eigenvalue weighted by Gasteiger charge is -2.07. The van der Waals surface area contributed by atoms with Crippen LogP contribution in [-0.4, -0.2) is 0 Å². The number of anilines is 1. The van der Waals surface area contributed by atoms with E-state index in [0.29, 0.717) is 0 Å². The molecule has 0 spiro atoms. The molecule has 0 aliphatic rings. The number of halogens is 1. The summed E-state index contributed by atoms with van der Waals surface area (Å²) in [5.74, 6) is 0. The highest BCUT2D eigenvalue weighted by atomic mass is 35.5. The lowest BCUT2D eigenvalue weighted by Crippen LogP contribution is -1.87. The second kappa shape index (κ2) is 4.81. The van der Waals surface area contributed by atoms with Crippen molar-refractivity contribution in [2.45, 2.75) is 16.7 Å². The van der Waals surface area contributed by atoms with Crippen LogP contribution < -0.4 is 5.73 Å². The molecule has 0 heterocycles. The van der Waals surface area contributed by atoms with Crippen molar-refractivity contribution in [2.75, 3.05) is 5.73 Å². The van der Waals surface area contributed by atoms with Gasteiger partial charge in [0.2, 0.25) is 0 Å². The highest BCUT2D eigenvalue weighted by Gasteiger charge is 2.04. The highest BCUT2D eigenvalue weighted by molar-refractivity contribution is 7.99. The molecule has 0 unspecified atom stereocenters. The minimum Gasteiger partial charge on any atom is -0.399 e. The third-order valence-corrected chi connectivity index (χ3v) is 3.95. The molecule has 2 rings (SSSR count). The zero-order valence-corrected chi connectivity index (χ0v) is 10.5. The summed E-state index contributed by atoms with van der Waals surface area (Å²) in [5, 5.41) is 0.773. The van der Waals surface area contributed by atoms with Gasteiger partial charge < -0.3 is 5.73 Å². The first kappa shape index (κ1) is 11.4. The van der Waals surface area contributed by atoms with Gasteiger partial charge in [-0.15, -0.1) is 0 Å². The number of hydrogen-bond acceptors (Lipinski definition) is 2. The molecule has 2 aromatic carbocycles. The molecule has 16 heavy (non-hydrogen) atoms. The minimum absolute atomic E-state index is 0.773. The molecule has 0 atom stereocenters. The van der Waals surface area contributed by atoms with Crippen LogP contribution in [0.25, 0.3) is 0 Å². The normalized spacial score (nSPS) is 10.4. The van der Waals surface area contributed by atoms with Gasteiger partial charge in [0.25, 0.3) is 0 Å². The van der Waals surface area contributed by atoms with E-state index < -0.39 is 0 Å². The van der Waals surface area contributed by atoms with Gasteiger partial charge in [-0.05, 0) is 36.8 Å². The maximum Gasteiger partial charge on any atom is 0.0545 e. The Balaban J connectivity index is 2.34. The molecule has 0 saturated carbocycles. The van der Waals surface area contributed by atoms with E-state index in [9.17, 15) is 0 Å². The molecular weight excluding hydrogens is 238 g/mol. The summed E-state index contributed by atoms with van der Waals surface area (Å²) in [5.41, 5.74) is 7.76. The van der Waals surface area contributed by atoms with E-state index in [1.807, 2.05) is 42.5 Å². The first-order chi connectivity index (χ1) is 7.66. The SMILES string of the molecule is Cc1ccc(N)cc1Sc1ccccc1Cl. The number of nitrogens with two attached hydrogens (primary N) is 1. The van der Waals surface area contributed by atoms with Crippen molar-refractivity contribution >= 4 is 29.1 Å². The van der Waals surface area contributed by atoms with E-state index >= 15 is 0 Å². The Hall–Kier alpha value is -1.12. The van der Waals surface area contributed by atoms with Crippen molar-refractivity contribution in [2.24, 2.45) is 0 Å². The Labute approximate surface area is 105 Å². The van der Waals surface area contributed by atoms with Crippen LogP contribution in [0.3, 0.4) is 0 Å². The third kappa shape index (κ3) is 2.52. The van der Waals surface area contributed by atoms with E-state index in [4.69, 9.17) is 17.3 Å². The summed E-state index contributed by atoms with van der Waals surface area (Å²) in [6, 6.07) is 13.7. The molecule has 0 saturated heterocycles. The largest absolute Gasteiger partial charge is 0.399 e. The van der Waals surface area contributed by atoms with Gasteiger partial charge >= 0.3 is 0 Å². The van der Waals surface area contributed by atoms with E-state index in [1.165, 1.54) is 5.56 Å². The number of rotatable bonds is 2. The van der Waals surface area contributed by atoms with Gasteiger partial charge in [0, 0.05) is 15.5 Å².